The van der Waals surface area contributed by atoms with Crippen LogP contribution in [-0.4, -0.2) is 57.9 Å². The lowest BCUT2D eigenvalue weighted by Crippen LogP contribution is -2.45. The molecule has 4 rings (SSSR count). The van der Waals surface area contributed by atoms with Crippen molar-refractivity contribution in [2.45, 2.75) is 24.3 Å². The van der Waals surface area contributed by atoms with E-state index < -0.39 is 5.41 Å². The first kappa shape index (κ1) is 21.6. The van der Waals surface area contributed by atoms with Gasteiger partial charge in [0.15, 0.2) is 11.5 Å². The van der Waals surface area contributed by atoms with Crippen LogP contribution in [0.5, 0.6) is 11.5 Å². The molecule has 1 aliphatic carbocycles. The maximum absolute atomic E-state index is 13.3. The molecule has 1 saturated carbocycles. The highest BCUT2D eigenvalue weighted by Crippen LogP contribution is 2.48. The van der Waals surface area contributed by atoms with Crippen molar-refractivity contribution in [1.29, 1.82) is 0 Å². The van der Waals surface area contributed by atoms with Crippen LogP contribution in [0.2, 0.25) is 0 Å². The number of hydrogen-bond acceptors (Lipinski definition) is 5. The van der Waals surface area contributed by atoms with Crippen LogP contribution >= 0.6 is 0 Å². The molecule has 0 aromatic heterocycles. The number of benzene rings is 2. The summed E-state index contributed by atoms with van der Waals surface area (Å²) >= 11 is 0. The average molecular weight is 429 g/mol. The summed E-state index contributed by atoms with van der Waals surface area (Å²) in [5.74, 6) is 1.04. The first-order valence-electron chi connectivity index (χ1n) is 10.7. The molecule has 1 N–H and O–H groups in total. The van der Waals surface area contributed by atoms with Gasteiger partial charge in [0.05, 0.1) is 38.9 Å². The smallest absolute Gasteiger partial charge is 0.230 e. The third-order valence-corrected chi connectivity index (χ3v) is 6.32. The van der Waals surface area contributed by atoms with E-state index in [0.717, 1.165) is 37.1 Å². The number of carbonyl (C=O) groups is 1. The van der Waals surface area contributed by atoms with Crippen LogP contribution in [0.25, 0.3) is 0 Å². The highest BCUT2D eigenvalue weighted by Gasteiger charge is 2.51. The Hall–Kier alpha value is -2.64. The van der Waals surface area contributed by atoms with E-state index in [9.17, 15) is 9.18 Å². The number of amides is 1. The molecule has 2 aromatic carbocycles. The fourth-order valence-corrected chi connectivity index (χ4v) is 4.31. The highest BCUT2D eigenvalue weighted by molar-refractivity contribution is 5.91. The average Bonchev–Trinajstić information content (AvgIpc) is 3.62. The fraction of sp³-hybridized carbons (Fsp3) is 0.458. The number of hydrogen-bond donors (Lipinski definition) is 1. The summed E-state index contributed by atoms with van der Waals surface area (Å²) in [5.41, 5.74) is 1.38. The second-order valence-electron chi connectivity index (χ2n) is 8.08. The van der Waals surface area contributed by atoms with Crippen LogP contribution in [0.1, 0.15) is 30.0 Å². The Morgan fingerprint density at radius 3 is 2.39 bits per heavy atom. The summed E-state index contributed by atoms with van der Waals surface area (Å²) in [4.78, 5) is 15.5. The van der Waals surface area contributed by atoms with Crippen LogP contribution in [-0.2, 0) is 14.9 Å². The number of methoxy groups -OCH3 is 2. The number of morpholine rings is 1. The molecule has 0 spiro atoms. The van der Waals surface area contributed by atoms with E-state index in [-0.39, 0.29) is 17.8 Å². The van der Waals surface area contributed by atoms with Crippen molar-refractivity contribution in [3.63, 3.8) is 0 Å². The molecular formula is C24H29FN2O4. The van der Waals surface area contributed by atoms with Crippen molar-refractivity contribution in [1.82, 2.24) is 10.2 Å². The van der Waals surface area contributed by atoms with E-state index in [1.807, 2.05) is 18.2 Å². The Labute approximate surface area is 182 Å². The molecule has 0 radical (unpaired) electrons. The lowest BCUT2D eigenvalue weighted by Gasteiger charge is -2.35. The van der Waals surface area contributed by atoms with Crippen LogP contribution in [0.4, 0.5) is 4.39 Å². The number of carbonyl (C=O) groups excluding carboxylic acids is 1. The molecule has 2 fully saturated rings. The van der Waals surface area contributed by atoms with E-state index in [2.05, 4.69) is 10.2 Å². The van der Waals surface area contributed by atoms with Crippen molar-refractivity contribution < 1.29 is 23.4 Å². The Morgan fingerprint density at radius 2 is 1.77 bits per heavy atom. The number of nitrogens with one attached hydrogen (secondary N) is 1. The summed E-state index contributed by atoms with van der Waals surface area (Å²) < 4.78 is 29.7. The largest absolute Gasteiger partial charge is 0.493 e. The van der Waals surface area contributed by atoms with Gasteiger partial charge < -0.3 is 19.5 Å². The maximum atomic E-state index is 13.3. The summed E-state index contributed by atoms with van der Waals surface area (Å²) in [6, 6.07) is 12.1. The second-order valence-corrected chi connectivity index (χ2v) is 8.08. The first-order valence-corrected chi connectivity index (χ1v) is 10.7. The molecule has 1 amide bonds. The summed E-state index contributed by atoms with van der Waals surface area (Å²) in [6.45, 7) is 3.38. The van der Waals surface area contributed by atoms with Crippen LogP contribution < -0.4 is 14.8 Å². The van der Waals surface area contributed by atoms with E-state index in [1.165, 1.54) is 12.1 Å². The maximum Gasteiger partial charge on any atom is 0.230 e. The van der Waals surface area contributed by atoms with Gasteiger partial charge in [-0.2, -0.15) is 0 Å². The van der Waals surface area contributed by atoms with Gasteiger partial charge in [-0.05, 0) is 48.2 Å². The molecular weight excluding hydrogens is 399 g/mol. The molecule has 1 atom stereocenters. The number of halogens is 1. The summed E-state index contributed by atoms with van der Waals surface area (Å²) in [7, 11) is 3.23. The molecule has 1 heterocycles. The number of rotatable bonds is 8. The van der Waals surface area contributed by atoms with Gasteiger partial charge in [0.25, 0.3) is 0 Å². The van der Waals surface area contributed by atoms with E-state index in [0.29, 0.717) is 31.3 Å². The topological polar surface area (TPSA) is 60.0 Å². The standard InChI is InChI=1S/C24H29FN2O4/c1-29-21-8-3-17(15-22(21)30-2)20(27-11-13-31-14-12-27)16-26-23(28)24(9-10-24)18-4-6-19(25)7-5-18/h3-8,15,20H,9-14,16H2,1-2H3,(H,26,28). The SMILES string of the molecule is COc1ccc(C(CNC(=O)C2(c3ccc(F)cc3)CC2)N2CCOCC2)cc1OC. The van der Waals surface area contributed by atoms with E-state index in [4.69, 9.17) is 14.2 Å². The molecule has 2 aliphatic rings. The van der Waals surface area contributed by atoms with Crippen molar-refractivity contribution in [3.05, 3.63) is 59.4 Å². The normalized spacial score (nSPS) is 18.8. The minimum atomic E-state index is -0.541. The zero-order valence-corrected chi connectivity index (χ0v) is 18.0. The minimum Gasteiger partial charge on any atom is -0.493 e. The van der Waals surface area contributed by atoms with Gasteiger partial charge in [-0.3, -0.25) is 9.69 Å². The van der Waals surface area contributed by atoms with Crippen molar-refractivity contribution in [3.8, 4) is 11.5 Å². The Kier molecular flexibility index (Phi) is 6.43. The molecule has 6 nitrogen and oxygen atoms in total. The zero-order valence-electron chi connectivity index (χ0n) is 18.0. The molecule has 166 valence electrons. The minimum absolute atomic E-state index is 0.00200. The molecule has 1 aliphatic heterocycles. The van der Waals surface area contributed by atoms with E-state index >= 15 is 0 Å². The first-order chi connectivity index (χ1) is 15.1. The van der Waals surface area contributed by atoms with Gasteiger partial charge in [0.2, 0.25) is 5.91 Å². The van der Waals surface area contributed by atoms with E-state index in [1.54, 1.807) is 26.4 Å². The quantitative estimate of drug-likeness (QED) is 0.700. The molecule has 7 heteroatoms. The molecule has 0 bridgehead atoms. The zero-order chi connectivity index (χ0) is 21.8. The third-order valence-electron chi connectivity index (χ3n) is 6.32. The molecule has 31 heavy (non-hydrogen) atoms. The lowest BCUT2D eigenvalue weighted by molar-refractivity contribution is -0.124. The van der Waals surface area contributed by atoms with Crippen LogP contribution in [0.3, 0.4) is 0 Å². The fourth-order valence-electron chi connectivity index (χ4n) is 4.31. The van der Waals surface area contributed by atoms with Gasteiger partial charge in [-0.25, -0.2) is 4.39 Å². The Morgan fingerprint density at radius 1 is 1.10 bits per heavy atom. The predicted octanol–water partition coefficient (Wildman–Crippen LogP) is 3.06. The van der Waals surface area contributed by atoms with Crippen LogP contribution in [0.15, 0.2) is 42.5 Å². The number of ether oxygens (including phenoxy) is 3. The monoisotopic (exact) mass is 428 g/mol. The Balaban J connectivity index is 1.53. The van der Waals surface area contributed by atoms with Crippen molar-refractivity contribution in [2.24, 2.45) is 0 Å². The van der Waals surface area contributed by atoms with Gasteiger partial charge in [0.1, 0.15) is 5.82 Å². The highest BCUT2D eigenvalue weighted by atomic mass is 19.1. The third kappa shape index (κ3) is 4.52. The Bertz CT molecular complexity index is 908. The molecule has 1 saturated heterocycles. The molecule has 1 unspecified atom stereocenters. The second kappa shape index (κ2) is 9.24. The van der Waals surface area contributed by atoms with Gasteiger partial charge in [0, 0.05) is 19.6 Å². The summed E-state index contributed by atoms with van der Waals surface area (Å²) in [5, 5.41) is 3.17. The van der Waals surface area contributed by atoms with Crippen molar-refractivity contribution >= 4 is 5.91 Å². The predicted molar refractivity (Wildman–Crippen MR) is 115 cm³/mol. The van der Waals surface area contributed by atoms with Gasteiger partial charge in [-0.1, -0.05) is 18.2 Å². The van der Waals surface area contributed by atoms with Gasteiger partial charge >= 0.3 is 0 Å². The van der Waals surface area contributed by atoms with Crippen LogP contribution in [0, 0.1) is 5.82 Å². The van der Waals surface area contributed by atoms with Gasteiger partial charge in [-0.15, -0.1) is 0 Å². The van der Waals surface area contributed by atoms with Crippen molar-refractivity contribution in [2.75, 3.05) is 47.1 Å². The summed E-state index contributed by atoms with van der Waals surface area (Å²) in [6.07, 6.45) is 1.56. The number of nitrogens with zero attached hydrogens (tertiary/aromatic N) is 1. The molecule has 2 aromatic rings. The lowest BCUT2D eigenvalue weighted by atomic mass is 9.94.